The van der Waals surface area contributed by atoms with Gasteiger partial charge in [0.25, 0.3) is 0 Å². The first-order valence-corrected chi connectivity index (χ1v) is 8.77. The topological polar surface area (TPSA) is 87.1 Å². The molecule has 0 radical (unpaired) electrons. The Morgan fingerprint density at radius 2 is 2.08 bits per heavy atom. The van der Waals surface area contributed by atoms with Crippen LogP contribution in [0.5, 0.6) is 5.75 Å². The molecule has 3 unspecified atom stereocenters. The van der Waals surface area contributed by atoms with Gasteiger partial charge in [-0.05, 0) is 41.6 Å². The van der Waals surface area contributed by atoms with Crippen LogP contribution in [0.15, 0.2) is 35.5 Å². The Morgan fingerprint density at radius 1 is 1.42 bits per heavy atom. The Labute approximate surface area is 153 Å². The zero-order valence-electron chi connectivity index (χ0n) is 13.3. The zero-order chi connectivity index (χ0) is 17.6. The molecule has 24 heavy (non-hydrogen) atoms. The Balaban J connectivity index is 1.87. The quantitative estimate of drug-likeness (QED) is 0.536. The summed E-state index contributed by atoms with van der Waals surface area (Å²) in [6, 6.07) is 7.16. The monoisotopic (exact) mass is 443 g/mol. The maximum atomic E-state index is 12.2. The first-order chi connectivity index (χ1) is 11.3. The lowest BCUT2D eigenvalue weighted by Gasteiger charge is -2.46. The fourth-order valence-corrected chi connectivity index (χ4v) is 4.09. The number of aliphatic carboxylic acids is 1. The fraction of sp³-hybridized carbons (Fsp3) is 0.412. The van der Waals surface area contributed by atoms with Gasteiger partial charge in [0.1, 0.15) is 18.1 Å². The first-order valence-electron chi connectivity index (χ1n) is 7.69. The summed E-state index contributed by atoms with van der Waals surface area (Å²) in [6.45, 7) is 3.55. The van der Waals surface area contributed by atoms with E-state index in [1.54, 1.807) is 6.92 Å². The number of halogens is 1. The van der Waals surface area contributed by atoms with E-state index >= 15 is 0 Å². The predicted octanol–water partition coefficient (Wildman–Crippen LogP) is 1.87. The van der Waals surface area contributed by atoms with Crippen LogP contribution in [-0.2, 0) is 9.59 Å². The summed E-state index contributed by atoms with van der Waals surface area (Å²) in [5.74, 6) is -1.51. The van der Waals surface area contributed by atoms with Crippen molar-refractivity contribution in [3.8, 4) is 5.75 Å². The molecule has 2 N–H and O–H groups in total. The van der Waals surface area contributed by atoms with Crippen molar-refractivity contribution in [1.29, 1.82) is 0 Å². The third kappa shape index (κ3) is 2.59. The molecule has 128 valence electrons. The number of aliphatic hydroxyl groups is 1. The average molecular weight is 443 g/mol. The van der Waals surface area contributed by atoms with Crippen molar-refractivity contribution in [1.82, 2.24) is 4.90 Å². The maximum absolute atomic E-state index is 12.2. The highest BCUT2D eigenvalue weighted by molar-refractivity contribution is 14.1. The summed E-state index contributed by atoms with van der Waals surface area (Å²) in [4.78, 5) is 25.2. The number of para-hydroxylation sites is 1. The molecular weight excluding hydrogens is 425 g/mol. The number of fused-ring (bicyclic) bond motifs is 1. The number of carboxylic acids is 1. The van der Waals surface area contributed by atoms with Crippen molar-refractivity contribution in [3.63, 3.8) is 0 Å². The van der Waals surface area contributed by atoms with Crippen molar-refractivity contribution < 1.29 is 24.5 Å². The number of amides is 1. The van der Waals surface area contributed by atoms with Gasteiger partial charge in [-0.3, -0.25) is 4.79 Å². The fourth-order valence-electron chi connectivity index (χ4n) is 3.55. The first kappa shape index (κ1) is 17.2. The lowest BCUT2D eigenvalue weighted by atomic mass is 9.78. The molecular formula is C17H18INO5. The molecule has 7 heteroatoms. The van der Waals surface area contributed by atoms with Crippen LogP contribution in [0.25, 0.3) is 0 Å². The van der Waals surface area contributed by atoms with Gasteiger partial charge in [0, 0.05) is 11.5 Å². The summed E-state index contributed by atoms with van der Waals surface area (Å²) < 4.78 is 6.73. The lowest BCUT2D eigenvalue weighted by Crippen LogP contribution is -2.63. The highest BCUT2D eigenvalue weighted by atomic mass is 127. The third-order valence-corrected chi connectivity index (χ3v) is 5.63. The second-order valence-electron chi connectivity index (χ2n) is 6.15. The number of β-lactam (4-membered cyclic amide) rings is 1. The van der Waals surface area contributed by atoms with Gasteiger partial charge in [0.05, 0.1) is 21.6 Å². The number of benzene rings is 1. The Hall–Kier alpha value is -1.61. The van der Waals surface area contributed by atoms with Gasteiger partial charge in [0.2, 0.25) is 5.91 Å². The zero-order valence-corrected chi connectivity index (χ0v) is 15.4. The van der Waals surface area contributed by atoms with Gasteiger partial charge >= 0.3 is 5.97 Å². The van der Waals surface area contributed by atoms with Gasteiger partial charge < -0.3 is 19.8 Å². The third-order valence-electron chi connectivity index (χ3n) is 4.74. The molecule has 1 amide bonds. The number of carbonyl (C=O) groups excluding carboxylic acids is 1. The van der Waals surface area contributed by atoms with E-state index in [0.717, 1.165) is 3.57 Å². The van der Waals surface area contributed by atoms with Gasteiger partial charge in [-0.25, -0.2) is 4.79 Å². The van der Waals surface area contributed by atoms with Crippen LogP contribution in [0.4, 0.5) is 0 Å². The number of nitrogens with zero attached hydrogens (tertiary/aromatic N) is 1. The SMILES string of the molecule is CC(O)C1C(=O)N2C(C(=O)O)=C(COc3ccccc3I)[C@H](C)C12. The van der Waals surface area contributed by atoms with Crippen LogP contribution in [-0.4, -0.2) is 45.7 Å². The molecule has 1 aromatic rings. The number of carboxylic acid groups (broad SMARTS) is 1. The van der Waals surface area contributed by atoms with Crippen molar-refractivity contribution in [3.05, 3.63) is 39.1 Å². The van der Waals surface area contributed by atoms with E-state index in [-0.39, 0.29) is 30.2 Å². The highest BCUT2D eigenvalue weighted by Gasteiger charge is 2.59. The van der Waals surface area contributed by atoms with Crippen LogP contribution in [0.1, 0.15) is 13.8 Å². The van der Waals surface area contributed by atoms with Gasteiger partial charge in [-0.1, -0.05) is 19.1 Å². The summed E-state index contributed by atoms with van der Waals surface area (Å²) in [5, 5.41) is 19.4. The van der Waals surface area contributed by atoms with Crippen LogP contribution in [0, 0.1) is 15.4 Å². The highest BCUT2D eigenvalue weighted by Crippen LogP contribution is 2.47. The normalized spacial score (nSPS) is 26.9. The van der Waals surface area contributed by atoms with E-state index in [0.29, 0.717) is 11.3 Å². The molecule has 0 aliphatic carbocycles. The molecule has 2 heterocycles. The van der Waals surface area contributed by atoms with Gasteiger partial charge in [-0.15, -0.1) is 0 Å². The van der Waals surface area contributed by atoms with Crippen molar-refractivity contribution in [2.75, 3.05) is 6.61 Å². The molecule has 1 saturated heterocycles. The Morgan fingerprint density at radius 3 is 2.67 bits per heavy atom. The van der Waals surface area contributed by atoms with Crippen molar-refractivity contribution in [2.24, 2.45) is 11.8 Å². The van der Waals surface area contributed by atoms with Gasteiger partial charge in [-0.2, -0.15) is 0 Å². The lowest BCUT2D eigenvalue weighted by molar-refractivity contribution is -0.163. The standard InChI is InChI=1S/C17H18INO5/c1-8-10(7-24-12-6-4-3-5-11(12)18)15(17(22)23)19-14(8)13(9(2)20)16(19)21/h3-6,8-9,13-14,20H,7H2,1-2H3,(H,22,23)/t8-,9?,13?,14?/m0/s1. The van der Waals surface area contributed by atoms with E-state index < -0.39 is 18.0 Å². The number of aliphatic hydroxyl groups excluding tert-OH is 1. The van der Waals surface area contributed by atoms with Gasteiger partial charge in [0.15, 0.2) is 0 Å². The molecule has 4 atom stereocenters. The molecule has 2 aliphatic rings. The molecule has 6 nitrogen and oxygen atoms in total. The van der Waals surface area contributed by atoms with E-state index in [1.165, 1.54) is 4.90 Å². The van der Waals surface area contributed by atoms with E-state index in [9.17, 15) is 19.8 Å². The molecule has 0 bridgehead atoms. The summed E-state index contributed by atoms with van der Waals surface area (Å²) in [6.07, 6.45) is -0.799. The minimum atomic E-state index is -1.14. The maximum Gasteiger partial charge on any atom is 0.352 e. The molecule has 1 aromatic carbocycles. The number of hydrogen-bond donors (Lipinski definition) is 2. The summed E-state index contributed by atoms with van der Waals surface area (Å²) in [7, 11) is 0. The minimum absolute atomic E-state index is 0.000314. The molecule has 0 spiro atoms. The smallest absolute Gasteiger partial charge is 0.352 e. The van der Waals surface area contributed by atoms with Crippen LogP contribution < -0.4 is 4.74 Å². The van der Waals surface area contributed by atoms with Crippen molar-refractivity contribution >= 4 is 34.5 Å². The number of hydrogen-bond acceptors (Lipinski definition) is 4. The molecule has 1 fully saturated rings. The molecule has 0 aromatic heterocycles. The average Bonchev–Trinajstić information content (AvgIpc) is 2.75. The van der Waals surface area contributed by atoms with E-state index in [2.05, 4.69) is 22.6 Å². The van der Waals surface area contributed by atoms with E-state index in [4.69, 9.17) is 4.74 Å². The molecule has 2 aliphatic heterocycles. The second-order valence-corrected chi connectivity index (χ2v) is 7.31. The van der Waals surface area contributed by atoms with E-state index in [1.807, 2.05) is 31.2 Å². The van der Waals surface area contributed by atoms with Crippen molar-refractivity contribution in [2.45, 2.75) is 26.0 Å². The second kappa shape index (κ2) is 6.36. The number of carbonyl (C=O) groups is 2. The molecule has 0 saturated carbocycles. The number of rotatable bonds is 5. The summed E-state index contributed by atoms with van der Waals surface area (Å²) in [5.41, 5.74) is 0.587. The van der Waals surface area contributed by atoms with Crippen LogP contribution in [0.3, 0.4) is 0 Å². The van der Waals surface area contributed by atoms with Crippen LogP contribution >= 0.6 is 22.6 Å². The predicted molar refractivity (Wildman–Crippen MR) is 94.3 cm³/mol. The Kier molecular flexibility index (Phi) is 4.56. The largest absolute Gasteiger partial charge is 0.488 e. The molecule has 3 rings (SSSR count). The number of ether oxygens (including phenoxy) is 1. The minimum Gasteiger partial charge on any atom is -0.488 e. The van der Waals surface area contributed by atoms with Crippen LogP contribution in [0.2, 0.25) is 0 Å². The Bertz CT molecular complexity index is 729. The summed E-state index contributed by atoms with van der Waals surface area (Å²) >= 11 is 2.15.